The van der Waals surface area contributed by atoms with Gasteiger partial charge in [0.05, 0.1) is 13.2 Å². The zero-order chi connectivity index (χ0) is 26.9. The number of nitrogens with zero attached hydrogens (tertiary/aromatic N) is 1. The van der Waals surface area contributed by atoms with Crippen molar-refractivity contribution in [2.24, 2.45) is 0 Å². The summed E-state index contributed by atoms with van der Waals surface area (Å²) >= 11 is 0. The summed E-state index contributed by atoms with van der Waals surface area (Å²) in [7, 11) is 0. The van der Waals surface area contributed by atoms with Crippen LogP contribution in [0.15, 0.2) is 72.8 Å². The van der Waals surface area contributed by atoms with Gasteiger partial charge >= 0.3 is 0 Å². The van der Waals surface area contributed by atoms with E-state index in [4.69, 9.17) is 9.47 Å². The lowest BCUT2D eigenvalue weighted by Gasteiger charge is -2.33. The lowest BCUT2D eigenvalue weighted by molar-refractivity contribution is -0.141. The normalized spacial score (nSPS) is 13.4. The minimum Gasteiger partial charge on any atom is -0.508 e. The van der Waals surface area contributed by atoms with Gasteiger partial charge in [-0.05, 0) is 62.4 Å². The summed E-state index contributed by atoms with van der Waals surface area (Å²) in [5, 5.41) is 12.6. The van der Waals surface area contributed by atoms with Crippen LogP contribution in [0.5, 0.6) is 17.2 Å². The first-order valence-electron chi connectivity index (χ1n) is 13.3. The minimum atomic E-state index is -0.861. The fourth-order valence-corrected chi connectivity index (χ4v) is 4.57. The van der Waals surface area contributed by atoms with E-state index in [9.17, 15) is 14.7 Å². The molecule has 3 aromatic rings. The first kappa shape index (κ1) is 27.0. The molecular weight excluding hydrogens is 480 g/mol. The number of phenolic OH excluding ortho intramolecular Hbond substituents is 1. The van der Waals surface area contributed by atoms with Crippen LogP contribution in [-0.4, -0.2) is 41.1 Å². The largest absolute Gasteiger partial charge is 0.508 e. The highest BCUT2D eigenvalue weighted by atomic mass is 16.5. The minimum absolute atomic E-state index is 0.0139. The molecule has 2 N–H and O–H groups in total. The van der Waals surface area contributed by atoms with E-state index in [0.717, 1.165) is 24.0 Å². The van der Waals surface area contributed by atoms with Crippen LogP contribution in [0.4, 0.5) is 0 Å². The highest BCUT2D eigenvalue weighted by Crippen LogP contribution is 2.42. The Bertz CT molecular complexity index is 1210. The van der Waals surface area contributed by atoms with Crippen molar-refractivity contribution in [2.45, 2.75) is 58.2 Å². The maximum absolute atomic E-state index is 13.9. The van der Waals surface area contributed by atoms with Crippen molar-refractivity contribution >= 4 is 11.8 Å². The van der Waals surface area contributed by atoms with E-state index in [1.54, 1.807) is 17.0 Å². The monoisotopic (exact) mass is 516 g/mol. The summed E-state index contributed by atoms with van der Waals surface area (Å²) in [5.74, 6) is 0.888. The number of para-hydroxylation sites is 1. The Kier molecular flexibility index (Phi) is 9.25. The Hall–Kier alpha value is -4.00. The summed E-state index contributed by atoms with van der Waals surface area (Å²) in [5.41, 5.74) is 2.54. The van der Waals surface area contributed by atoms with E-state index in [1.165, 1.54) is 0 Å². The maximum Gasteiger partial charge on any atom is 0.247 e. The predicted molar refractivity (Wildman–Crippen MR) is 146 cm³/mol. The van der Waals surface area contributed by atoms with E-state index in [-0.39, 0.29) is 30.0 Å². The Morgan fingerprint density at radius 3 is 2.29 bits per heavy atom. The highest BCUT2D eigenvalue weighted by Gasteiger charge is 2.42. The van der Waals surface area contributed by atoms with Crippen molar-refractivity contribution in [1.29, 1.82) is 0 Å². The van der Waals surface area contributed by atoms with Gasteiger partial charge in [-0.2, -0.15) is 0 Å². The maximum atomic E-state index is 13.9. The molecule has 1 aliphatic rings. The van der Waals surface area contributed by atoms with Crippen LogP contribution in [-0.2, 0) is 22.6 Å². The van der Waals surface area contributed by atoms with Gasteiger partial charge in [-0.3, -0.25) is 9.59 Å². The number of nitrogens with one attached hydrogen (secondary N) is 1. The summed E-state index contributed by atoms with van der Waals surface area (Å²) in [4.78, 5) is 29.4. The highest BCUT2D eigenvalue weighted by molar-refractivity contribution is 5.90. The number of aromatic hydroxyl groups is 1. The van der Waals surface area contributed by atoms with Gasteiger partial charge in [0, 0.05) is 24.6 Å². The summed E-state index contributed by atoms with van der Waals surface area (Å²) < 4.78 is 11.9. The molecule has 0 aromatic heterocycles. The van der Waals surface area contributed by atoms with Crippen molar-refractivity contribution in [1.82, 2.24) is 10.2 Å². The number of benzene rings is 3. The smallest absolute Gasteiger partial charge is 0.247 e. The molecule has 2 amide bonds. The lowest BCUT2D eigenvalue weighted by atomic mass is 10.00. The number of carbonyl (C=O) groups excluding carboxylic acids is 2. The SMILES string of the molecule is CCOc1cccc(C(C(=O)NCc2ccccc2)N(C(=O)CCc2ccc(O)cc2)C2CC2)c1OCC. The Morgan fingerprint density at radius 2 is 1.63 bits per heavy atom. The fourth-order valence-electron chi connectivity index (χ4n) is 4.57. The van der Waals surface area contributed by atoms with Crippen LogP contribution < -0.4 is 14.8 Å². The Balaban J connectivity index is 1.67. The molecule has 0 bridgehead atoms. The molecule has 38 heavy (non-hydrogen) atoms. The van der Waals surface area contributed by atoms with Gasteiger partial charge in [0.1, 0.15) is 11.8 Å². The van der Waals surface area contributed by atoms with Crippen LogP contribution in [0.25, 0.3) is 0 Å². The summed E-state index contributed by atoms with van der Waals surface area (Å²) in [6, 6.07) is 21.2. The average molecular weight is 517 g/mol. The third kappa shape index (κ3) is 6.85. The standard InChI is InChI=1S/C31H36N2O5/c1-3-37-27-12-8-11-26(30(27)38-4-2)29(31(36)32-21-23-9-6-5-7-10-23)33(24-16-17-24)28(35)20-15-22-13-18-25(34)19-14-22/h5-14,18-19,24,29,34H,3-4,15-17,20-21H2,1-2H3,(H,32,36). The van der Waals surface area contributed by atoms with Gasteiger partial charge in [0.15, 0.2) is 11.5 Å². The van der Waals surface area contributed by atoms with Crippen molar-refractivity contribution in [3.8, 4) is 17.2 Å². The molecule has 0 aliphatic heterocycles. The molecule has 200 valence electrons. The molecule has 7 heteroatoms. The molecule has 0 saturated heterocycles. The molecule has 1 fully saturated rings. The second-order valence-electron chi connectivity index (χ2n) is 9.35. The molecule has 1 unspecified atom stereocenters. The van der Waals surface area contributed by atoms with E-state index in [1.807, 2.05) is 74.5 Å². The molecule has 4 rings (SSSR count). The second kappa shape index (κ2) is 13.0. The number of ether oxygens (including phenoxy) is 2. The predicted octanol–water partition coefficient (Wildman–Crippen LogP) is 5.17. The fraction of sp³-hybridized carbons (Fsp3) is 0.355. The first-order valence-corrected chi connectivity index (χ1v) is 13.3. The number of amides is 2. The third-order valence-electron chi connectivity index (χ3n) is 6.52. The van der Waals surface area contributed by atoms with Crippen LogP contribution in [0.1, 0.15) is 55.8 Å². The number of hydrogen-bond donors (Lipinski definition) is 2. The molecule has 1 aliphatic carbocycles. The van der Waals surface area contributed by atoms with Crippen molar-refractivity contribution in [2.75, 3.05) is 13.2 Å². The van der Waals surface area contributed by atoms with Crippen LogP contribution in [0.2, 0.25) is 0 Å². The first-order chi connectivity index (χ1) is 18.5. The zero-order valence-corrected chi connectivity index (χ0v) is 22.1. The topological polar surface area (TPSA) is 88.1 Å². The van der Waals surface area contributed by atoms with E-state index in [0.29, 0.717) is 43.2 Å². The molecule has 1 saturated carbocycles. The number of rotatable bonds is 13. The summed E-state index contributed by atoms with van der Waals surface area (Å²) in [6.07, 6.45) is 2.46. The Morgan fingerprint density at radius 1 is 0.921 bits per heavy atom. The molecule has 7 nitrogen and oxygen atoms in total. The number of hydrogen-bond acceptors (Lipinski definition) is 5. The number of aryl methyl sites for hydroxylation is 1. The van der Waals surface area contributed by atoms with Gasteiger partial charge in [-0.15, -0.1) is 0 Å². The molecule has 0 heterocycles. The molecule has 3 aromatic carbocycles. The third-order valence-corrected chi connectivity index (χ3v) is 6.52. The summed E-state index contributed by atoms with van der Waals surface area (Å²) in [6.45, 7) is 4.99. The van der Waals surface area contributed by atoms with Gasteiger partial charge in [-0.1, -0.05) is 54.6 Å². The number of carbonyl (C=O) groups is 2. The molecule has 0 spiro atoms. The Labute approximate surface area is 224 Å². The quantitative estimate of drug-likeness (QED) is 0.327. The van der Waals surface area contributed by atoms with Gasteiger partial charge in [0.2, 0.25) is 11.8 Å². The number of phenols is 1. The molecular formula is C31H36N2O5. The van der Waals surface area contributed by atoms with E-state index in [2.05, 4.69) is 5.32 Å². The van der Waals surface area contributed by atoms with Gasteiger partial charge in [0.25, 0.3) is 0 Å². The van der Waals surface area contributed by atoms with Crippen LogP contribution >= 0.6 is 0 Å². The lowest BCUT2D eigenvalue weighted by Crippen LogP contribution is -2.45. The van der Waals surface area contributed by atoms with E-state index >= 15 is 0 Å². The van der Waals surface area contributed by atoms with Crippen LogP contribution in [0, 0.1) is 0 Å². The van der Waals surface area contributed by atoms with Crippen molar-refractivity contribution in [3.63, 3.8) is 0 Å². The van der Waals surface area contributed by atoms with Crippen molar-refractivity contribution < 1.29 is 24.2 Å². The van der Waals surface area contributed by atoms with Gasteiger partial charge < -0.3 is 24.8 Å². The van der Waals surface area contributed by atoms with Crippen LogP contribution in [0.3, 0.4) is 0 Å². The van der Waals surface area contributed by atoms with Gasteiger partial charge in [-0.25, -0.2) is 0 Å². The van der Waals surface area contributed by atoms with E-state index < -0.39 is 6.04 Å². The second-order valence-corrected chi connectivity index (χ2v) is 9.35. The van der Waals surface area contributed by atoms with Crippen molar-refractivity contribution in [3.05, 3.63) is 89.5 Å². The zero-order valence-electron chi connectivity index (χ0n) is 22.1. The molecule has 0 radical (unpaired) electrons. The average Bonchev–Trinajstić information content (AvgIpc) is 3.77. The molecule has 1 atom stereocenters.